The molecular weight excluding hydrogens is 318 g/mol. The number of hydrogen-bond acceptors (Lipinski definition) is 5. The summed E-state index contributed by atoms with van der Waals surface area (Å²) in [5.74, 6) is 0. The van der Waals surface area contributed by atoms with Gasteiger partial charge >= 0.3 is 0 Å². The van der Waals surface area contributed by atoms with Crippen LogP contribution in [0.25, 0.3) is 10.2 Å². The molecule has 4 nitrogen and oxygen atoms in total. The molecule has 1 aromatic heterocycles. The number of nitrogens with zero attached hydrogens (tertiary/aromatic N) is 2. The van der Waals surface area contributed by atoms with Gasteiger partial charge in [-0.2, -0.15) is 0 Å². The molecule has 0 saturated carbocycles. The lowest BCUT2D eigenvalue weighted by Crippen LogP contribution is -2.41. The van der Waals surface area contributed by atoms with Crippen molar-refractivity contribution in [2.75, 3.05) is 38.2 Å². The predicted octanol–water partition coefficient (Wildman–Crippen LogP) is 3.78. The molecule has 4 rings (SSSR count). The molecule has 2 aromatic carbocycles. The summed E-state index contributed by atoms with van der Waals surface area (Å²) in [6.07, 6.45) is 0. The molecule has 0 unspecified atom stereocenters. The van der Waals surface area contributed by atoms with Crippen molar-refractivity contribution in [3.8, 4) is 0 Å². The predicted molar refractivity (Wildman–Crippen MR) is 99.7 cm³/mol. The minimum absolute atomic E-state index is 0.335. The van der Waals surface area contributed by atoms with Gasteiger partial charge in [0.25, 0.3) is 0 Å². The van der Waals surface area contributed by atoms with Crippen LogP contribution >= 0.6 is 11.3 Å². The van der Waals surface area contributed by atoms with Gasteiger partial charge in [-0.1, -0.05) is 53.8 Å². The van der Waals surface area contributed by atoms with Gasteiger partial charge in [0.1, 0.15) is 0 Å². The number of para-hydroxylation sites is 1. The topological polar surface area (TPSA) is 37.4 Å². The van der Waals surface area contributed by atoms with Crippen molar-refractivity contribution < 1.29 is 4.74 Å². The third-order valence-electron chi connectivity index (χ3n) is 4.41. The normalized spacial score (nSPS) is 17.0. The van der Waals surface area contributed by atoms with E-state index in [2.05, 4.69) is 63.7 Å². The second-order valence-electron chi connectivity index (χ2n) is 5.94. The molecule has 5 heteroatoms. The van der Waals surface area contributed by atoms with Crippen LogP contribution in [0.1, 0.15) is 11.6 Å². The van der Waals surface area contributed by atoms with Gasteiger partial charge in [-0.25, -0.2) is 4.98 Å². The first-order valence-electron chi connectivity index (χ1n) is 8.36. The van der Waals surface area contributed by atoms with Crippen molar-refractivity contribution in [3.05, 3.63) is 60.2 Å². The Morgan fingerprint density at radius 2 is 1.79 bits per heavy atom. The molecule has 1 fully saturated rings. The van der Waals surface area contributed by atoms with Gasteiger partial charge in [-0.05, 0) is 17.7 Å². The maximum absolute atomic E-state index is 5.52. The highest BCUT2D eigenvalue weighted by molar-refractivity contribution is 7.22. The molecule has 1 atom stereocenters. The molecule has 1 aliphatic rings. The minimum Gasteiger partial charge on any atom is -0.379 e. The Hall–Kier alpha value is -1.95. The smallest absolute Gasteiger partial charge is 0.183 e. The van der Waals surface area contributed by atoms with Gasteiger partial charge in [0.2, 0.25) is 0 Å². The fourth-order valence-corrected chi connectivity index (χ4v) is 4.03. The Labute approximate surface area is 146 Å². The van der Waals surface area contributed by atoms with E-state index < -0.39 is 0 Å². The van der Waals surface area contributed by atoms with Gasteiger partial charge in [-0.3, -0.25) is 4.90 Å². The molecule has 0 aliphatic carbocycles. The largest absolute Gasteiger partial charge is 0.379 e. The van der Waals surface area contributed by atoms with E-state index in [1.807, 2.05) is 6.07 Å². The summed E-state index contributed by atoms with van der Waals surface area (Å²) in [4.78, 5) is 7.19. The lowest BCUT2D eigenvalue weighted by Gasteiger charge is -2.34. The highest BCUT2D eigenvalue weighted by Crippen LogP contribution is 2.27. The van der Waals surface area contributed by atoms with E-state index in [0.717, 1.165) is 43.5 Å². The van der Waals surface area contributed by atoms with Gasteiger partial charge in [0, 0.05) is 19.6 Å². The first kappa shape index (κ1) is 15.6. The average Bonchev–Trinajstić information content (AvgIpc) is 3.07. The minimum atomic E-state index is 0.335. The van der Waals surface area contributed by atoms with Crippen LogP contribution in [0, 0.1) is 0 Å². The van der Waals surface area contributed by atoms with Crippen LogP contribution in [0.4, 0.5) is 5.13 Å². The monoisotopic (exact) mass is 339 g/mol. The molecule has 0 spiro atoms. The molecule has 3 aromatic rings. The fourth-order valence-electron chi connectivity index (χ4n) is 3.15. The second kappa shape index (κ2) is 7.30. The van der Waals surface area contributed by atoms with Crippen LogP contribution in [-0.4, -0.2) is 42.7 Å². The van der Waals surface area contributed by atoms with Crippen molar-refractivity contribution in [2.24, 2.45) is 0 Å². The zero-order valence-electron chi connectivity index (χ0n) is 13.5. The number of hydrogen-bond donors (Lipinski definition) is 1. The van der Waals surface area contributed by atoms with Crippen molar-refractivity contribution in [3.63, 3.8) is 0 Å². The van der Waals surface area contributed by atoms with Crippen LogP contribution < -0.4 is 5.32 Å². The maximum atomic E-state index is 5.52. The van der Waals surface area contributed by atoms with Gasteiger partial charge < -0.3 is 10.1 Å². The standard InChI is InChI=1S/C19H21N3OS/c1-2-6-15(7-3-1)17(22-10-12-23-13-11-22)14-20-19-21-16-8-4-5-9-18(16)24-19/h1-9,17H,10-14H2,(H,20,21)/t17-/m0/s1. The molecule has 0 amide bonds. The summed E-state index contributed by atoms with van der Waals surface area (Å²) in [5, 5.41) is 4.55. The molecule has 0 bridgehead atoms. The number of ether oxygens (including phenoxy) is 1. The second-order valence-corrected chi connectivity index (χ2v) is 6.97. The quantitative estimate of drug-likeness (QED) is 0.767. The van der Waals surface area contributed by atoms with Gasteiger partial charge in [0.05, 0.1) is 29.5 Å². The van der Waals surface area contributed by atoms with Crippen molar-refractivity contribution in [1.29, 1.82) is 0 Å². The van der Waals surface area contributed by atoms with E-state index >= 15 is 0 Å². The van der Waals surface area contributed by atoms with Crippen LogP contribution in [0.5, 0.6) is 0 Å². The third kappa shape index (κ3) is 3.43. The Morgan fingerprint density at radius 3 is 2.58 bits per heavy atom. The molecule has 1 N–H and O–H groups in total. The maximum Gasteiger partial charge on any atom is 0.183 e. The lowest BCUT2D eigenvalue weighted by atomic mass is 10.0. The first-order valence-corrected chi connectivity index (χ1v) is 9.18. The van der Waals surface area contributed by atoms with E-state index in [0.29, 0.717) is 6.04 Å². The van der Waals surface area contributed by atoms with Gasteiger partial charge in [-0.15, -0.1) is 0 Å². The van der Waals surface area contributed by atoms with E-state index in [1.165, 1.54) is 10.3 Å². The summed E-state index contributed by atoms with van der Waals surface area (Å²) in [5.41, 5.74) is 2.40. The molecule has 1 saturated heterocycles. The van der Waals surface area contributed by atoms with Crippen LogP contribution in [-0.2, 0) is 4.74 Å². The van der Waals surface area contributed by atoms with E-state index in [-0.39, 0.29) is 0 Å². The Bertz CT molecular complexity index is 750. The number of benzene rings is 2. The summed E-state index contributed by atoms with van der Waals surface area (Å²) in [6, 6.07) is 19.3. The lowest BCUT2D eigenvalue weighted by molar-refractivity contribution is 0.0187. The number of morpholine rings is 1. The van der Waals surface area contributed by atoms with E-state index in [9.17, 15) is 0 Å². The number of thiazole rings is 1. The molecule has 124 valence electrons. The van der Waals surface area contributed by atoms with Crippen molar-refractivity contribution in [1.82, 2.24) is 9.88 Å². The molecule has 2 heterocycles. The number of fused-ring (bicyclic) bond motifs is 1. The summed E-state index contributed by atoms with van der Waals surface area (Å²) >= 11 is 1.72. The van der Waals surface area contributed by atoms with Crippen LogP contribution in [0.2, 0.25) is 0 Å². The van der Waals surface area contributed by atoms with Crippen molar-refractivity contribution in [2.45, 2.75) is 6.04 Å². The molecule has 0 radical (unpaired) electrons. The Kier molecular flexibility index (Phi) is 4.74. The zero-order chi connectivity index (χ0) is 16.2. The average molecular weight is 339 g/mol. The van der Waals surface area contributed by atoms with Gasteiger partial charge in [0.15, 0.2) is 5.13 Å². The Morgan fingerprint density at radius 1 is 1.04 bits per heavy atom. The van der Waals surface area contributed by atoms with Crippen molar-refractivity contribution >= 4 is 26.7 Å². The highest BCUT2D eigenvalue weighted by Gasteiger charge is 2.22. The van der Waals surface area contributed by atoms with E-state index in [4.69, 9.17) is 4.74 Å². The zero-order valence-corrected chi connectivity index (χ0v) is 14.3. The molecular formula is C19H21N3OS. The third-order valence-corrected chi connectivity index (χ3v) is 5.41. The SMILES string of the molecule is c1ccc([C@H](CNc2nc3ccccc3s2)N2CCOCC2)cc1. The number of aromatic nitrogens is 1. The summed E-state index contributed by atoms with van der Waals surface area (Å²) < 4.78 is 6.74. The fraction of sp³-hybridized carbons (Fsp3) is 0.316. The summed E-state index contributed by atoms with van der Waals surface area (Å²) in [6.45, 7) is 4.42. The number of rotatable bonds is 5. The first-order chi connectivity index (χ1) is 11.9. The Balaban J connectivity index is 1.52. The molecule has 24 heavy (non-hydrogen) atoms. The number of anilines is 1. The van der Waals surface area contributed by atoms with Crippen LogP contribution in [0.3, 0.4) is 0 Å². The van der Waals surface area contributed by atoms with E-state index in [1.54, 1.807) is 11.3 Å². The summed E-state index contributed by atoms with van der Waals surface area (Å²) in [7, 11) is 0. The highest BCUT2D eigenvalue weighted by atomic mass is 32.1. The number of nitrogens with one attached hydrogen (secondary N) is 1. The molecule has 1 aliphatic heterocycles. The van der Waals surface area contributed by atoms with Crippen LogP contribution in [0.15, 0.2) is 54.6 Å².